The van der Waals surface area contributed by atoms with Gasteiger partial charge in [0, 0.05) is 23.5 Å². The number of thioether (sulfide) groups is 1. The van der Waals surface area contributed by atoms with Crippen molar-refractivity contribution in [2.75, 3.05) is 7.11 Å². The summed E-state index contributed by atoms with van der Waals surface area (Å²) in [7, 11) is 1.61. The summed E-state index contributed by atoms with van der Waals surface area (Å²) in [4.78, 5) is 24.1. The number of para-hydroxylation sites is 1. The molecule has 0 spiro atoms. The Hall–Kier alpha value is -2.05. The third-order valence-corrected chi connectivity index (χ3v) is 7.17. The Morgan fingerprint density at radius 3 is 2.87 bits per heavy atom. The molecule has 7 heteroatoms. The molecule has 3 aromatic rings. The standard InChI is InChI=1S/C23H26ClN3O2S/c1-3-15(28)10-5-4-6-12-18-20(30-18)22-26-19(21(24)27-22)16-13-14-9-7-8-11-17(14)25-23(16)29-2/h7-9,11,13,18,20H,3-6,10,12H2,1-2H3,(H,26,27). The fraction of sp³-hybridized carbons (Fsp3) is 0.435. The van der Waals surface area contributed by atoms with Crippen LogP contribution in [0, 0.1) is 0 Å². The van der Waals surface area contributed by atoms with Crippen LogP contribution in [0.3, 0.4) is 0 Å². The third kappa shape index (κ3) is 4.65. The minimum absolute atomic E-state index is 0.355. The number of nitrogens with one attached hydrogen (secondary N) is 1. The number of ether oxygens (including phenoxy) is 1. The van der Waals surface area contributed by atoms with Gasteiger partial charge in [0.25, 0.3) is 0 Å². The first-order valence-electron chi connectivity index (χ1n) is 10.5. The summed E-state index contributed by atoms with van der Waals surface area (Å²) in [6, 6.07) is 9.96. The first-order chi connectivity index (χ1) is 14.6. The van der Waals surface area contributed by atoms with Gasteiger partial charge in [0.05, 0.1) is 23.4 Å². The molecule has 1 N–H and O–H groups in total. The Balaban J connectivity index is 1.42. The van der Waals surface area contributed by atoms with E-state index in [0.717, 1.165) is 54.4 Å². The van der Waals surface area contributed by atoms with E-state index >= 15 is 0 Å². The van der Waals surface area contributed by atoms with E-state index in [0.29, 0.717) is 39.4 Å². The van der Waals surface area contributed by atoms with Gasteiger partial charge in [-0.25, -0.2) is 9.97 Å². The number of Topliss-reactive ketones (excluding diaryl/α,β-unsaturated/α-hetero) is 1. The molecule has 1 saturated heterocycles. The van der Waals surface area contributed by atoms with Gasteiger partial charge in [-0.1, -0.05) is 49.6 Å². The second-order valence-electron chi connectivity index (χ2n) is 7.61. The van der Waals surface area contributed by atoms with Crippen LogP contribution in [-0.4, -0.2) is 33.1 Å². The van der Waals surface area contributed by atoms with Gasteiger partial charge in [0.15, 0.2) is 0 Å². The lowest BCUT2D eigenvalue weighted by molar-refractivity contribution is -0.118. The van der Waals surface area contributed by atoms with Crippen molar-refractivity contribution in [3.63, 3.8) is 0 Å². The van der Waals surface area contributed by atoms with E-state index in [-0.39, 0.29) is 0 Å². The lowest BCUT2D eigenvalue weighted by Gasteiger charge is -2.07. The Morgan fingerprint density at radius 2 is 2.07 bits per heavy atom. The number of H-pyrrole nitrogens is 1. The highest BCUT2D eigenvalue weighted by Crippen LogP contribution is 2.57. The molecule has 4 rings (SSSR count). The number of benzene rings is 1. The zero-order valence-electron chi connectivity index (χ0n) is 17.3. The fourth-order valence-corrected chi connectivity index (χ4v) is 5.07. The van der Waals surface area contributed by atoms with Gasteiger partial charge in [0.1, 0.15) is 22.5 Å². The van der Waals surface area contributed by atoms with Crippen molar-refractivity contribution < 1.29 is 9.53 Å². The molecule has 2 unspecified atom stereocenters. The quantitative estimate of drug-likeness (QED) is 0.291. The topological polar surface area (TPSA) is 67.9 Å². The molecule has 0 radical (unpaired) electrons. The second-order valence-corrected chi connectivity index (χ2v) is 9.37. The van der Waals surface area contributed by atoms with Gasteiger partial charge < -0.3 is 9.72 Å². The zero-order chi connectivity index (χ0) is 21.1. The summed E-state index contributed by atoms with van der Waals surface area (Å²) >= 11 is 8.45. The molecular formula is C23H26ClN3O2S. The fourth-order valence-electron chi connectivity index (χ4n) is 3.73. The number of ketones is 1. The van der Waals surface area contributed by atoms with E-state index in [1.165, 1.54) is 0 Å². The van der Waals surface area contributed by atoms with Crippen LogP contribution in [0.5, 0.6) is 5.88 Å². The van der Waals surface area contributed by atoms with Gasteiger partial charge >= 0.3 is 0 Å². The molecule has 0 bridgehead atoms. The molecule has 0 aliphatic carbocycles. The number of unbranched alkanes of at least 4 members (excludes halogenated alkanes) is 2. The van der Waals surface area contributed by atoms with Crippen LogP contribution in [0.2, 0.25) is 5.15 Å². The summed E-state index contributed by atoms with van der Waals surface area (Å²) in [5, 5.41) is 2.46. The third-order valence-electron chi connectivity index (χ3n) is 5.51. The van der Waals surface area contributed by atoms with E-state index < -0.39 is 0 Å². The average Bonchev–Trinajstić information content (AvgIpc) is 3.44. The number of halogens is 1. The number of methoxy groups -OCH3 is 1. The molecule has 1 aliphatic heterocycles. The van der Waals surface area contributed by atoms with Crippen LogP contribution in [0.4, 0.5) is 0 Å². The predicted octanol–water partition coefficient (Wildman–Crippen LogP) is 6.37. The molecule has 0 amide bonds. The highest BCUT2D eigenvalue weighted by atomic mass is 35.5. The van der Waals surface area contributed by atoms with Crippen LogP contribution in [-0.2, 0) is 4.79 Å². The number of rotatable bonds is 10. The van der Waals surface area contributed by atoms with Gasteiger partial charge in [-0.05, 0) is 25.0 Å². The van der Waals surface area contributed by atoms with E-state index in [1.54, 1.807) is 7.11 Å². The largest absolute Gasteiger partial charge is 0.480 e. The van der Waals surface area contributed by atoms with Crippen molar-refractivity contribution in [2.45, 2.75) is 55.9 Å². The van der Waals surface area contributed by atoms with E-state index in [2.05, 4.69) is 9.97 Å². The molecule has 1 aromatic carbocycles. The number of pyridine rings is 1. The van der Waals surface area contributed by atoms with Crippen molar-refractivity contribution in [3.8, 4) is 17.1 Å². The smallest absolute Gasteiger partial charge is 0.223 e. The first-order valence-corrected chi connectivity index (χ1v) is 11.8. The Morgan fingerprint density at radius 1 is 1.23 bits per heavy atom. The lowest BCUT2D eigenvalue weighted by atomic mass is 10.1. The maximum Gasteiger partial charge on any atom is 0.223 e. The molecule has 1 aliphatic rings. The molecular weight excluding hydrogens is 418 g/mol. The molecule has 3 heterocycles. The summed E-state index contributed by atoms with van der Waals surface area (Å²) < 4.78 is 5.52. The number of imidazole rings is 1. The zero-order valence-corrected chi connectivity index (χ0v) is 18.9. The number of aromatic amines is 1. The van der Waals surface area contributed by atoms with Crippen molar-refractivity contribution in [1.82, 2.24) is 15.0 Å². The molecule has 2 atom stereocenters. The molecule has 2 aromatic heterocycles. The predicted molar refractivity (Wildman–Crippen MR) is 123 cm³/mol. The molecule has 30 heavy (non-hydrogen) atoms. The van der Waals surface area contributed by atoms with E-state index in [1.807, 2.05) is 49.0 Å². The monoisotopic (exact) mass is 443 g/mol. The van der Waals surface area contributed by atoms with Crippen LogP contribution in [0.25, 0.3) is 22.2 Å². The highest BCUT2D eigenvalue weighted by Gasteiger charge is 2.41. The van der Waals surface area contributed by atoms with Crippen molar-refractivity contribution in [2.24, 2.45) is 0 Å². The van der Waals surface area contributed by atoms with Crippen molar-refractivity contribution in [3.05, 3.63) is 41.3 Å². The molecule has 0 saturated carbocycles. The van der Waals surface area contributed by atoms with Crippen molar-refractivity contribution >= 4 is 40.0 Å². The van der Waals surface area contributed by atoms with Crippen LogP contribution in [0.15, 0.2) is 30.3 Å². The Kier molecular flexibility index (Phi) is 6.64. The number of carbonyl (C=O) groups is 1. The second kappa shape index (κ2) is 9.40. The number of hydrogen-bond acceptors (Lipinski definition) is 5. The summed E-state index contributed by atoms with van der Waals surface area (Å²) in [5.74, 6) is 1.81. The van der Waals surface area contributed by atoms with Gasteiger partial charge in [0.2, 0.25) is 5.88 Å². The summed E-state index contributed by atoms with van der Waals surface area (Å²) in [6.45, 7) is 1.93. The van der Waals surface area contributed by atoms with Crippen LogP contribution >= 0.6 is 23.4 Å². The summed E-state index contributed by atoms with van der Waals surface area (Å²) in [6.07, 6.45) is 5.77. The minimum Gasteiger partial charge on any atom is -0.480 e. The van der Waals surface area contributed by atoms with Crippen molar-refractivity contribution in [1.29, 1.82) is 0 Å². The average molecular weight is 444 g/mol. The molecule has 1 fully saturated rings. The number of hydrogen-bond donors (Lipinski definition) is 1. The van der Waals surface area contributed by atoms with Crippen LogP contribution < -0.4 is 4.74 Å². The number of fused-ring (bicyclic) bond motifs is 1. The first kappa shape index (κ1) is 21.2. The Bertz CT molecular complexity index is 1050. The van der Waals surface area contributed by atoms with Gasteiger partial charge in [-0.2, -0.15) is 0 Å². The van der Waals surface area contributed by atoms with E-state index in [9.17, 15) is 4.79 Å². The van der Waals surface area contributed by atoms with Gasteiger partial charge in [-0.3, -0.25) is 4.79 Å². The molecule has 5 nitrogen and oxygen atoms in total. The maximum absolute atomic E-state index is 11.4. The number of nitrogens with zero attached hydrogens (tertiary/aromatic N) is 2. The van der Waals surface area contributed by atoms with Crippen LogP contribution in [0.1, 0.15) is 56.5 Å². The van der Waals surface area contributed by atoms with Gasteiger partial charge in [-0.15, -0.1) is 11.8 Å². The number of carbonyl (C=O) groups excluding carboxylic acids is 1. The normalized spacial score (nSPS) is 18.0. The maximum atomic E-state index is 11.4. The molecule has 158 valence electrons. The summed E-state index contributed by atoms with van der Waals surface area (Å²) in [5.41, 5.74) is 2.36. The minimum atomic E-state index is 0.355. The highest BCUT2D eigenvalue weighted by molar-refractivity contribution is 8.07. The van der Waals surface area contributed by atoms with E-state index in [4.69, 9.17) is 21.3 Å². The lowest BCUT2D eigenvalue weighted by Crippen LogP contribution is -1.96. The SMILES string of the molecule is CCC(=O)CCCCCC1SC1c1nc(-c2cc3ccccc3nc2OC)c(Cl)[nH]1. The Labute approximate surface area is 186 Å². The number of aromatic nitrogens is 3.